The zero-order valence-electron chi connectivity index (χ0n) is 11.4. The Morgan fingerprint density at radius 1 is 1.40 bits per heavy atom. The van der Waals surface area contributed by atoms with Crippen molar-refractivity contribution in [3.05, 3.63) is 30.0 Å². The average molecular weight is 273 g/mol. The Morgan fingerprint density at radius 2 is 2.30 bits per heavy atom. The van der Waals surface area contributed by atoms with Crippen LogP contribution in [0.25, 0.3) is 11.0 Å². The zero-order chi connectivity index (χ0) is 13.8. The lowest BCUT2D eigenvalue weighted by atomic mass is 10.1. The van der Waals surface area contributed by atoms with E-state index in [4.69, 9.17) is 4.52 Å². The molecule has 1 aromatic heterocycles. The van der Waals surface area contributed by atoms with Crippen LogP contribution >= 0.6 is 0 Å². The van der Waals surface area contributed by atoms with E-state index < -0.39 is 0 Å². The number of fused-ring (bicyclic) bond motifs is 1. The van der Waals surface area contributed by atoms with Crippen LogP contribution in [0.2, 0.25) is 0 Å². The number of amides is 1. The van der Waals surface area contributed by atoms with E-state index in [1.54, 1.807) is 0 Å². The van der Waals surface area contributed by atoms with Crippen LogP contribution in [0, 0.1) is 0 Å². The Balaban J connectivity index is 1.63. The van der Waals surface area contributed by atoms with Crippen molar-refractivity contribution in [2.75, 3.05) is 13.1 Å². The number of hydrogen-bond donors (Lipinski definition) is 2. The summed E-state index contributed by atoms with van der Waals surface area (Å²) in [5, 5.41) is 11.3. The third kappa shape index (κ3) is 2.99. The Labute approximate surface area is 117 Å². The summed E-state index contributed by atoms with van der Waals surface area (Å²) in [5.74, 6) is 0.0118. The van der Waals surface area contributed by atoms with Crippen molar-refractivity contribution in [3.8, 4) is 0 Å². The van der Waals surface area contributed by atoms with Crippen LogP contribution in [0.4, 0.5) is 0 Å². The number of para-hydroxylation sites is 1. The molecule has 1 amide bonds. The number of rotatable bonds is 3. The van der Waals surface area contributed by atoms with Gasteiger partial charge in [0.25, 0.3) is 0 Å². The van der Waals surface area contributed by atoms with Gasteiger partial charge < -0.3 is 15.2 Å². The van der Waals surface area contributed by atoms with E-state index in [1.807, 2.05) is 24.3 Å². The first kappa shape index (κ1) is 13.1. The first-order valence-corrected chi connectivity index (χ1v) is 7.16. The molecule has 0 saturated carbocycles. The summed E-state index contributed by atoms with van der Waals surface area (Å²) in [7, 11) is 0. The van der Waals surface area contributed by atoms with Gasteiger partial charge in [0.1, 0.15) is 5.69 Å². The number of aromatic nitrogens is 1. The summed E-state index contributed by atoms with van der Waals surface area (Å²) >= 11 is 0. The number of nitrogens with zero attached hydrogens (tertiary/aromatic N) is 1. The van der Waals surface area contributed by atoms with Crippen LogP contribution in [0.5, 0.6) is 0 Å². The lowest BCUT2D eigenvalue weighted by Crippen LogP contribution is -2.41. The molecule has 5 nitrogen and oxygen atoms in total. The van der Waals surface area contributed by atoms with Crippen molar-refractivity contribution in [2.45, 2.75) is 31.7 Å². The molecule has 20 heavy (non-hydrogen) atoms. The maximum atomic E-state index is 12.1. The normalized spacial score (nSPS) is 19.7. The minimum atomic E-state index is 0.0118. The molecule has 1 atom stereocenters. The maximum Gasteiger partial charge on any atom is 0.226 e. The van der Waals surface area contributed by atoms with Crippen LogP contribution in [-0.4, -0.2) is 30.2 Å². The molecule has 1 unspecified atom stereocenters. The Kier molecular flexibility index (Phi) is 3.97. The minimum absolute atomic E-state index is 0.0118. The van der Waals surface area contributed by atoms with Gasteiger partial charge in [-0.1, -0.05) is 23.7 Å². The molecule has 2 heterocycles. The largest absolute Gasteiger partial charge is 0.356 e. The molecule has 1 saturated heterocycles. The third-order valence-electron chi connectivity index (χ3n) is 3.69. The summed E-state index contributed by atoms with van der Waals surface area (Å²) in [5.41, 5.74) is 1.44. The van der Waals surface area contributed by atoms with E-state index in [0.717, 1.165) is 36.9 Å². The molecule has 1 aromatic carbocycles. The van der Waals surface area contributed by atoms with Gasteiger partial charge in [-0.15, -0.1) is 0 Å². The van der Waals surface area contributed by atoms with Crippen molar-refractivity contribution < 1.29 is 9.32 Å². The summed E-state index contributed by atoms with van der Waals surface area (Å²) < 4.78 is 5.22. The SMILES string of the molecule is O=C(Cc1noc2ccccc12)NC1CCCCNC1. The molecule has 0 radical (unpaired) electrons. The minimum Gasteiger partial charge on any atom is -0.356 e. The fourth-order valence-electron chi connectivity index (χ4n) is 2.64. The highest BCUT2D eigenvalue weighted by atomic mass is 16.5. The van der Waals surface area contributed by atoms with Gasteiger partial charge in [-0.2, -0.15) is 0 Å². The fraction of sp³-hybridized carbons (Fsp3) is 0.467. The predicted octanol–water partition coefficient (Wildman–Crippen LogP) is 1.63. The summed E-state index contributed by atoms with van der Waals surface area (Å²) in [6.07, 6.45) is 3.65. The van der Waals surface area contributed by atoms with Crippen LogP contribution < -0.4 is 10.6 Å². The van der Waals surface area contributed by atoms with Gasteiger partial charge in [0.15, 0.2) is 5.58 Å². The van der Waals surface area contributed by atoms with Gasteiger partial charge >= 0.3 is 0 Å². The van der Waals surface area contributed by atoms with Crippen LogP contribution in [-0.2, 0) is 11.2 Å². The van der Waals surface area contributed by atoms with E-state index >= 15 is 0 Å². The molecule has 3 rings (SSSR count). The number of hydrogen-bond acceptors (Lipinski definition) is 4. The molecule has 0 bridgehead atoms. The highest BCUT2D eigenvalue weighted by molar-refractivity contribution is 5.86. The quantitative estimate of drug-likeness (QED) is 0.892. The topological polar surface area (TPSA) is 67.2 Å². The van der Waals surface area contributed by atoms with E-state index in [0.29, 0.717) is 5.69 Å². The molecule has 2 N–H and O–H groups in total. The van der Waals surface area contributed by atoms with Crippen molar-refractivity contribution in [1.82, 2.24) is 15.8 Å². The molecular formula is C15H19N3O2. The number of nitrogens with one attached hydrogen (secondary N) is 2. The highest BCUT2D eigenvalue weighted by Gasteiger charge is 2.17. The zero-order valence-corrected chi connectivity index (χ0v) is 11.4. The fourth-order valence-corrected chi connectivity index (χ4v) is 2.64. The van der Waals surface area contributed by atoms with Crippen molar-refractivity contribution >= 4 is 16.9 Å². The van der Waals surface area contributed by atoms with Gasteiger partial charge in [0.2, 0.25) is 5.91 Å². The monoisotopic (exact) mass is 273 g/mol. The molecule has 0 spiro atoms. The van der Waals surface area contributed by atoms with E-state index in [1.165, 1.54) is 6.42 Å². The second-order valence-electron chi connectivity index (χ2n) is 5.27. The van der Waals surface area contributed by atoms with Gasteiger partial charge in [-0.3, -0.25) is 4.79 Å². The molecule has 5 heteroatoms. The average Bonchev–Trinajstić information content (AvgIpc) is 2.68. The van der Waals surface area contributed by atoms with E-state index in [2.05, 4.69) is 15.8 Å². The molecule has 106 valence electrons. The molecule has 0 aliphatic carbocycles. The van der Waals surface area contributed by atoms with Crippen LogP contribution in [0.3, 0.4) is 0 Å². The standard InChI is InChI=1S/C15H19N3O2/c19-15(17-11-5-3-4-8-16-10-11)9-13-12-6-1-2-7-14(12)20-18-13/h1-2,6-7,11,16H,3-5,8-10H2,(H,17,19). The lowest BCUT2D eigenvalue weighted by molar-refractivity contribution is -0.121. The molecular weight excluding hydrogens is 254 g/mol. The Hall–Kier alpha value is -1.88. The van der Waals surface area contributed by atoms with Crippen molar-refractivity contribution in [2.24, 2.45) is 0 Å². The second-order valence-corrected chi connectivity index (χ2v) is 5.27. The molecule has 1 aliphatic rings. The van der Waals surface area contributed by atoms with Gasteiger partial charge in [0.05, 0.1) is 6.42 Å². The smallest absolute Gasteiger partial charge is 0.226 e. The van der Waals surface area contributed by atoms with Crippen molar-refractivity contribution in [1.29, 1.82) is 0 Å². The van der Waals surface area contributed by atoms with E-state index in [9.17, 15) is 4.79 Å². The summed E-state index contributed by atoms with van der Waals surface area (Å²) in [4.78, 5) is 12.1. The number of benzene rings is 1. The highest BCUT2D eigenvalue weighted by Crippen LogP contribution is 2.18. The van der Waals surface area contributed by atoms with Gasteiger partial charge in [-0.05, 0) is 31.5 Å². The predicted molar refractivity (Wildman–Crippen MR) is 76.4 cm³/mol. The number of carbonyl (C=O) groups is 1. The van der Waals surface area contributed by atoms with Crippen LogP contribution in [0.15, 0.2) is 28.8 Å². The van der Waals surface area contributed by atoms with Crippen LogP contribution in [0.1, 0.15) is 25.0 Å². The number of carbonyl (C=O) groups excluding carboxylic acids is 1. The van der Waals surface area contributed by atoms with Gasteiger partial charge in [0, 0.05) is 18.0 Å². The first-order chi connectivity index (χ1) is 9.83. The summed E-state index contributed by atoms with van der Waals surface area (Å²) in [6, 6.07) is 7.84. The summed E-state index contributed by atoms with van der Waals surface area (Å²) in [6.45, 7) is 1.89. The maximum absolute atomic E-state index is 12.1. The van der Waals surface area contributed by atoms with E-state index in [-0.39, 0.29) is 18.4 Å². The first-order valence-electron chi connectivity index (χ1n) is 7.16. The molecule has 1 aliphatic heterocycles. The second kappa shape index (κ2) is 6.05. The van der Waals surface area contributed by atoms with Gasteiger partial charge in [-0.25, -0.2) is 0 Å². The lowest BCUT2D eigenvalue weighted by Gasteiger charge is -2.15. The third-order valence-corrected chi connectivity index (χ3v) is 3.69. The molecule has 1 fully saturated rings. The Morgan fingerprint density at radius 3 is 3.25 bits per heavy atom. The Bertz CT molecular complexity index is 586. The molecule has 2 aromatic rings. The van der Waals surface area contributed by atoms with Crippen molar-refractivity contribution in [3.63, 3.8) is 0 Å².